The maximum absolute atomic E-state index is 13.0. The van der Waals surface area contributed by atoms with E-state index in [4.69, 9.17) is 28.4 Å². The van der Waals surface area contributed by atoms with Crippen molar-refractivity contribution in [2.45, 2.75) is 248 Å². The van der Waals surface area contributed by atoms with Crippen LogP contribution < -0.4 is 0 Å². The molecule has 7 N–H and O–H groups in total. The first-order valence-electron chi connectivity index (χ1n) is 26.2. The van der Waals surface area contributed by atoms with E-state index < -0.39 is 99.3 Å². The Bertz CT molecular complexity index is 1360. The fraction of sp³-hybridized carbons (Fsp3) is 0.811. The third-order valence-corrected chi connectivity index (χ3v) is 12.4. The molecule has 0 aromatic heterocycles. The molecule has 0 bridgehead atoms. The van der Waals surface area contributed by atoms with Gasteiger partial charge in [0.05, 0.1) is 19.8 Å². The molecule has 0 radical (unpaired) electrons. The van der Waals surface area contributed by atoms with Gasteiger partial charge >= 0.3 is 11.9 Å². The fourth-order valence-electron chi connectivity index (χ4n) is 8.09. The topological polar surface area (TPSA) is 231 Å². The maximum Gasteiger partial charge on any atom is 0.306 e. The van der Waals surface area contributed by atoms with Crippen LogP contribution in [0, 0.1) is 0 Å². The van der Waals surface area contributed by atoms with E-state index in [9.17, 15) is 45.3 Å². The molecule has 15 nitrogen and oxygen atoms in total. The van der Waals surface area contributed by atoms with Crippen LogP contribution in [0.25, 0.3) is 0 Å². The Morgan fingerprint density at radius 3 is 1.49 bits per heavy atom. The Balaban J connectivity index is 1.81. The molecule has 2 rings (SSSR count). The maximum atomic E-state index is 13.0. The Hall–Kier alpha value is -2.54. The van der Waals surface area contributed by atoms with E-state index in [0.717, 1.165) is 70.6 Å². The van der Waals surface area contributed by atoms with Gasteiger partial charge in [-0.25, -0.2) is 0 Å². The van der Waals surface area contributed by atoms with Crippen molar-refractivity contribution in [1.29, 1.82) is 0 Å². The average Bonchev–Trinajstić information content (AvgIpc) is 3.33. The molecular weight excluding hydrogens is 877 g/mol. The van der Waals surface area contributed by atoms with E-state index in [0.29, 0.717) is 12.8 Å². The second kappa shape index (κ2) is 40.1. The first-order chi connectivity index (χ1) is 33.0. The Morgan fingerprint density at radius 1 is 0.515 bits per heavy atom. The molecule has 2 aliphatic rings. The van der Waals surface area contributed by atoms with Crippen LogP contribution in [0.3, 0.4) is 0 Å². The number of allylic oxidation sites excluding steroid dienone is 7. The Morgan fingerprint density at radius 2 is 0.956 bits per heavy atom. The number of carbonyl (C=O) groups is 2. The molecule has 2 aliphatic heterocycles. The predicted molar refractivity (Wildman–Crippen MR) is 261 cm³/mol. The first-order valence-corrected chi connectivity index (χ1v) is 26.2. The summed E-state index contributed by atoms with van der Waals surface area (Å²) in [6, 6.07) is 0. The summed E-state index contributed by atoms with van der Waals surface area (Å²) in [6.45, 7) is 4.07. The second-order valence-corrected chi connectivity index (χ2v) is 18.4. The lowest BCUT2D eigenvalue weighted by Gasteiger charge is -2.42. The predicted octanol–water partition coefficient (Wildman–Crippen LogP) is 7.49. The normalized spacial score (nSPS) is 25.9. The third-order valence-electron chi connectivity index (χ3n) is 12.4. The van der Waals surface area contributed by atoms with Crippen LogP contribution in [-0.2, 0) is 38.0 Å². The van der Waals surface area contributed by atoms with Crippen molar-refractivity contribution in [3.05, 3.63) is 49.1 Å². The number of hydrogen-bond acceptors (Lipinski definition) is 15. The van der Waals surface area contributed by atoms with Crippen LogP contribution in [0.2, 0.25) is 0 Å². The van der Waals surface area contributed by atoms with Crippen molar-refractivity contribution in [2.24, 2.45) is 0 Å². The number of carbonyl (C=O) groups excluding carboxylic acids is 2. The van der Waals surface area contributed by atoms with Gasteiger partial charge in [-0.15, -0.1) is 6.58 Å². The highest BCUT2D eigenvalue weighted by molar-refractivity contribution is 5.70. The minimum absolute atomic E-state index is 0.138. The lowest BCUT2D eigenvalue weighted by molar-refractivity contribution is -0.332. The molecule has 0 spiro atoms. The van der Waals surface area contributed by atoms with Crippen LogP contribution >= 0.6 is 0 Å². The minimum atomic E-state index is -1.77. The standard InChI is InChI=1S/C53H92O15/c1-3-5-7-9-11-13-15-17-19-20-22-24-26-28-30-32-34-36-45(56)66-41(38-63-44(55)35-33-31-29-27-25-23-21-18-16-14-12-10-8-6-4-2)39-64-52-51(62)49(60)47(58)43(68-52)40-65-53-50(61)48(59)46(57)42(37-54)67-53/h4,11,13,17,19,22,24,41-43,46-54,57-62H,2-3,5-10,12,14-16,18,20-21,23,25-40H2,1H3/b13-11+,19-17+,24-22+/t41-,42+,43+,46-,47-,48?,49?,50?,51?,52+,53+/m1/s1. The molecule has 0 saturated carbocycles. The summed E-state index contributed by atoms with van der Waals surface area (Å²) >= 11 is 0. The number of rotatable bonds is 41. The Labute approximate surface area is 408 Å². The van der Waals surface area contributed by atoms with Gasteiger partial charge in [0.1, 0.15) is 55.4 Å². The third kappa shape index (κ3) is 27.7. The fourth-order valence-corrected chi connectivity index (χ4v) is 8.09. The van der Waals surface area contributed by atoms with E-state index in [2.05, 4.69) is 50.0 Å². The molecule has 2 heterocycles. The van der Waals surface area contributed by atoms with Crippen LogP contribution in [0.1, 0.15) is 180 Å². The zero-order valence-corrected chi connectivity index (χ0v) is 41.4. The highest BCUT2D eigenvalue weighted by Crippen LogP contribution is 2.26. The summed E-state index contributed by atoms with van der Waals surface area (Å²) in [7, 11) is 0. The van der Waals surface area contributed by atoms with Gasteiger partial charge in [-0.1, -0.05) is 146 Å². The highest BCUT2D eigenvalue weighted by Gasteiger charge is 2.47. The quantitative estimate of drug-likeness (QED) is 0.0179. The number of aliphatic hydroxyl groups is 7. The molecule has 0 amide bonds. The largest absolute Gasteiger partial charge is 0.462 e. The van der Waals surface area contributed by atoms with Crippen LogP contribution in [0.15, 0.2) is 49.1 Å². The summed E-state index contributed by atoms with van der Waals surface area (Å²) in [5, 5.41) is 72.1. The molecule has 11 atom stereocenters. The van der Waals surface area contributed by atoms with Crippen molar-refractivity contribution < 1.29 is 73.8 Å². The minimum Gasteiger partial charge on any atom is -0.462 e. The van der Waals surface area contributed by atoms with E-state index in [1.165, 1.54) is 77.0 Å². The molecule has 0 aromatic carbocycles. The van der Waals surface area contributed by atoms with Gasteiger partial charge in [0.25, 0.3) is 0 Å². The van der Waals surface area contributed by atoms with E-state index in [-0.39, 0.29) is 19.4 Å². The van der Waals surface area contributed by atoms with Crippen molar-refractivity contribution >= 4 is 11.9 Å². The number of ether oxygens (including phenoxy) is 6. The summed E-state index contributed by atoms with van der Waals surface area (Å²) in [4.78, 5) is 25.8. The molecule has 0 aromatic rings. The lowest BCUT2D eigenvalue weighted by atomic mass is 9.98. The van der Waals surface area contributed by atoms with Crippen LogP contribution in [-0.4, -0.2) is 142 Å². The van der Waals surface area contributed by atoms with Crippen LogP contribution in [0.5, 0.6) is 0 Å². The molecule has 4 unspecified atom stereocenters. The molecule has 15 heteroatoms. The van der Waals surface area contributed by atoms with Gasteiger partial charge in [-0.2, -0.15) is 0 Å². The zero-order valence-electron chi connectivity index (χ0n) is 41.4. The van der Waals surface area contributed by atoms with Crippen molar-refractivity contribution in [1.82, 2.24) is 0 Å². The lowest BCUT2D eigenvalue weighted by Crippen LogP contribution is -2.61. The number of aliphatic hydroxyl groups excluding tert-OH is 7. The molecule has 0 aliphatic carbocycles. The number of hydrogen-bond donors (Lipinski definition) is 7. The summed E-state index contributed by atoms with van der Waals surface area (Å²) < 4.78 is 33.6. The van der Waals surface area contributed by atoms with Gasteiger partial charge in [0, 0.05) is 12.8 Å². The van der Waals surface area contributed by atoms with Gasteiger partial charge in [0.2, 0.25) is 0 Å². The van der Waals surface area contributed by atoms with Gasteiger partial charge in [-0.05, 0) is 64.2 Å². The van der Waals surface area contributed by atoms with Crippen LogP contribution in [0.4, 0.5) is 0 Å². The summed E-state index contributed by atoms with van der Waals surface area (Å²) in [5.41, 5.74) is 0. The van der Waals surface area contributed by atoms with Crippen molar-refractivity contribution in [3.63, 3.8) is 0 Å². The molecule has 394 valence electrons. The second-order valence-electron chi connectivity index (χ2n) is 18.4. The van der Waals surface area contributed by atoms with Crippen molar-refractivity contribution in [3.8, 4) is 0 Å². The first kappa shape index (κ1) is 61.6. The van der Waals surface area contributed by atoms with E-state index in [1.807, 2.05) is 6.08 Å². The summed E-state index contributed by atoms with van der Waals surface area (Å²) in [5.74, 6) is -0.952. The average molecular weight is 969 g/mol. The monoisotopic (exact) mass is 969 g/mol. The van der Waals surface area contributed by atoms with Crippen molar-refractivity contribution in [2.75, 3.05) is 26.4 Å². The molecule has 2 fully saturated rings. The SMILES string of the molecule is C=CCCCCCCCCCCCCCCCC(=O)OC[C@H](CO[C@H]1O[C@@H](CO[C@H]2O[C@@H](CO)[C@@H](O)C(O)C2O)[C@@H](O)C(O)C1O)OC(=O)CCCCCC/C=C/C/C=C/C/C=C/CCCCC. The van der Waals surface area contributed by atoms with Gasteiger partial charge in [0.15, 0.2) is 18.7 Å². The van der Waals surface area contributed by atoms with Gasteiger partial charge in [-0.3, -0.25) is 9.59 Å². The van der Waals surface area contributed by atoms with E-state index >= 15 is 0 Å². The Kier molecular flexibility index (Phi) is 36.3. The van der Waals surface area contributed by atoms with E-state index in [1.54, 1.807) is 0 Å². The molecular formula is C53H92O15. The molecule has 68 heavy (non-hydrogen) atoms. The zero-order chi connectivity index (χ0) is 49.6. The number of esters is 2. The highest BCUT2D eigenvalue weighted by atomic mass is 16.7. The van der Waals surface area contributed by atoms with Gasteiger partial charge < -0.3 is 64.2 Å². The summed E-state index contributed by atoms with van der Waals surface area (Å²) in [6.07, 6.45) is 25.9. The number of unbranched alkanes of at least 4 members (excludes halogenated alkanes) is 20. The molecule has 2 saturated heterocycles. The smallest absolute Gasteiger partial charge is 0.306 e.